The van der Waals surface area contributed by atoms with E-state index >= 15 is 0 Å². The molecule has 2 aliphatic rings. The summed E-state index contributed by atoms with van der Waals surface area (Å²) < 4.78 is 12.8. The average Bonchev–Trinajstić information content (AvgIpc) is 2.70. The third kappa shape index (κ3) is 6.79. The molecule has 2 fully saturated rings. The van der Waals surface area contributed by atoms with Crippen LogP contribution in [-0.4, -0.2) is 67.6 Å². The summed E-state index contributed by atoms with van der Waals surface area (Å²) in [5, 5.41) is 10.5. The van der Waals surface area contributed by atoms with Gasteiger partial charge in [0, 0.05) is 51.1 Å². The Bertz CT molecular complexity index is 623. The van der Waals surface area contributed by atoms with Gasteiger partial charge in [0.2, 0.25) is 5.91 Å². The van der Waals surface area contributed by atoms with E-state index in [-0.39, 0.29) is 81.4 Å². The third-order valence-electron chi connectivity index (χ3n) is 5.03. The Morgan fingerprint density at radius 2 is 1.96 bits per heavy atom. The molecular formula is C19H28CsN3O4S. The molecule has 1 amide bonds. The van der Waals surface area contributed by atoms with Crippen LogP contribution in [0.25, 0.3) is 0 Å². The number of piperazine rings is 1. The summed E-state index contributed by atoms with van der Waals surface area (Å²) in [6.07, 6.45) is 1.87. The van der Waals surface area contributed by atoms with Crippen molar-refractivity contribution in [2.45, 2.75) is 24.0 Å². The van der Waals surface area contributed by atoms with Crippen LogP contribution in [-0.2, 0) is 9.53 Å². The van der Waals surface area contributed by atoms with Crippen LogP contribution in [0.4, 0.5) is 5.69 Å². The van der Waals surface area contributed by atoms with E-state index in [0.29, 0.717) is 39.1 Å². The van der Waals surface area contributed by atoms with Crippen LogP contribution in [0, 0.1) is 0 Å². The minimum Gasteiger partial charge on any atom is -0.854 e. The van der Waals surface area contributed by atoms with Gasteiger partial charge in [-0.3, -0.25) is 4.79 Å². The Morgan fingerprint density at radius 3 is 2.61 bits per heavy atom. The smallest absolute Gasteiger partial charge is 0.854 e. The minimum atomic E-state index is -0.532. The van der Waals surface area contributed by atoms with Gasteiger partial charge < -0.3 is 25.2 Å². The molecule has 0 unspecified atom stereocenters. The summed E-state index contributed by atoms with van der Waals surface area (Å²) in [6, 6.07) is 8.00. The number of carbonyl (C=O) groups is 1. The van der Waals surface area contributed by atoms with Crippen LogP contribution in [0.3, 0.4) is 0 Å². The molecule has 2 N–H and O–H groups in total. The number of nitrogens with two attached hydrogens (primary N) is 1. The van der Waals surface area contributed by atoms with Crippen molar-refractivity contribution in [3.63, 3.8) is 0 Å². The van der Waals surface area contributed by atoms with Crippen molar-refractivity contribution in [3.8, 4) is 5.75 Å². The number of amides is 1. The molecule has 0 saturated carbocycles. The number of benzene rings is 1. The molecule has 28 heavy (non-hydrogen) atoms. The number of rotatable bonds is 8. The standard InChI is InChI=1S/C19H28N3O4S.Cs/c20-18(24)19(5-13-25-14-6-19)27-22-9-7-21(8-10-22)16-3-1-4-17(15-16)26-12-2-11-23;/h1,3-4,15H,2,5-14H2,(H2,20,24);/q-1;+1. The Balaban J connectivity index is 0.00000280. The Morgan fingerprint density at radius 1 is 1.25 bits per heavy atom. The fourth-order valence-electron chi connectivity index (χ4n) is 3.39. The van der Waals surface area contributed by atoms with Gasteiger partial charge in [0.1, 0.15) is 10.5 Å². The number of anilines is 1. The van der Waals surface area contributed by atoms with Crippen LogP contribution in [0.1, 0.15) is 19.3 Å². The van der Waals surface area contributed by atoms with Crippen LogP contribution in [0.5, 0.6) is 5.75 Å². The zero-order valence-corrected chi connectivity index (χ0v) is 23.7. The number of ether oxygens (including phenoxy) is 2. The van der Waals surface area contributed by atoms with Crippen LogP contribution in [0.2, 0.25) is 0 Å². The Hall–Kier alpha value is 0.572. The molecule has 1 aromatic rings. The average molecular weight is 527 g/mol. The first kappa shape index (κ1) is 24.8. The zero-order chi connectivity index (χ0) is 19.1. The molecule has 0 radical (unpaired) electrons. The molecule has 7 nitrogen and oxygen atoms in total. The second-order valence-electron chi connectivity index (χ2n) is 6.88. The summed E-state index contributed by atoms with van der Waals surface area (Å²) in [4.78, 5) is 14.4. The quantitative estimate of drug-likeness (QED) is 0.299. The summed E-state index contributed by atoms with van der Waals surface area (Å²) in [5.41, 5.74) is 6.84. The molecule has 1 aromatic carbocycles. The maximum Gasteiger partial charge on any atom is 1.00 e. The Kier molecular flexibility index (Phi) is 11.0. The van der Waals surface area contributed by atoms with E-state index in [2.05, 4.69) is 15.3 Å². The van der Waals surface area contributed by atoms with Crippen LogP contribution >= 0.6 is 11.9 Å². The summed E-state index contributed by atoms with van der Waals surface area (Å²) in [7, 11) is 0. The molecule has 9 heteroatoms. The molecule has 0 spiro atoms. The first-order valence-corrected chi connectivity index (χ1v) is 10.3. The van der Waals surface area contributed by atoms with E-state index in [1.807, 2.05) is 18.2 Å². The van der Waals surface area contributed by atoms with Crippen LogP contribution in [0.15, 0.2) is 24.3 Å². The van der Waals surface area contributed by atoms with Crippen molar-refractivity contribution in [3.05, 3.63) is 24.3 Å². The fourth-order valence-corrected chi connectivity index (χ4v) is 4.67. The van der Waals surface area contributed by atoms with Gasteiger partial charge >= 0.3 is 68.9 Å². The summed E-state index contributed by atoms with van der Waals surface area (Å²) in [6.45, 7) is 5.01. The van der Waals surface area contributed by atoms with Gasteiger partial charge in [0.25, 0.3) is 0 Å². The van der Waals surface area contributed by atoms with E-state index in [4.69, 9.17) is 15.2 Å². The minimum absolute atomic E-state index is 0. The number of hydrogen-bond donors (Lipinski definition) is 1. The second kappa shape index (κ2) is 12.4. The maximum atomic E-state index is 12.1. The van der Waals surface area contributed by atoms with E-state index < -0.39 is 4.75 Å². The van der Waals surface area contributed by atoms with Gasteiger partial charge in [-0.2, -0.15) is 0 Å². The van der Waals surface area contributed by atoms with E-state index in [1.54, 1.807) is 11.9 Å². The van der Waals surface area contributed by atoms with Gasteiger partial charge in [0.05, 0.1) is 6.61 Å². The van der Waals surface area contributed by atoms with Gasteiger partial charge in [-0.05, 0) is 31.4 Å². The van der Waals surface area contributed by atoms with E-state index in [1.165, 1.54) is 0 Å². The first-order chi connectivity index (χ1) is 13.1. The number of primary amides is 1. The van der Waals surface area contributed by atoms with Crippen molar-refractivity contribution >= 4 is 23.5 Å². The van der Waals surface area contributed by atoms with Gasteiger partial charge in [-0.1, -0.05) is 18.0 Å². The number of hydrogen-bond acceptors (Lipinski definition) is 7. The van der Waals surface area contributed by atoms with Crippen molar-refractivity contribution in [2.75, 3.05) is 57.5 Å². The maximum absolute atomic E-state index is 12.1. The molecular weight excluding hydrogens is 499 g/mol. The fraction of sp³-hybridized carbons (Fsp3) is 0.632. The van der Waals surface area contributed by atoms with Crippen molar-refractivity contribution < 1.29 is 88.3 Å². The predicted octanol–water partition coefficient (Wildman–Crippen LogP) is -2.38. The summed E-state index contributed by atoms with van der Waals surface area (Å²) >= 11 is 1.61. The molecule has 2 aliphatic heterocycles. The number of nitrogens with zero attached hydrogens (tertiary/aromatic N) is 2. The predicted molar refractivity (Wildman–Crippen MR) is 105 cm³/mol. The SMILES string of the molecule is NC(=O)C1(SN2CCN(c3cccc(OCCC[O-])c3)CC2)CCOCC1.[Cs+]. The summed E-state index contributed by atoms with van der Waals surface area (Å²) in [5.74, 6) is 0.564. The third-order valence-corrected chi connectivity index (χ3v) is 6.61. The number of carbonyl (C=O) groups excluding carboxylic acids is 1. The largest absolute Gasteiger partial charge is 1.00 e. The molecule has 2 saturated heterocycles. The van der Waals surface area contributed by atoms with Crippen molar-refractivity contribution in [1.82, 2.24) is 4.31 Å². The van der Waals surface area contributed by atoms with Crippen molar-refractivity contribution in [1.29, 1.82) is 0 Å². The van der Waals surface area contributed by atoms with Gasteiger partial charge in [-0.15, -0.1) is 6.61 Å². The van der Waals surface area contributed by atoms with Gasteiger partial charge in [0.15, 0.2) is 0 Å². The van der Waals surface area contributed by atoms with E-state index in [0.717, 1.165) is 37.6 Å². The molecule has 3 rings (SSSR count). The second-order valence-corrected chi connectivity index (χ2v) is 8.36. The van der Waals surface area contributed by atoms with E-state index in [9.17, 15) is 9.90 Å². The topological polar surface area (TPSA) is 91.1 Å². The molecule has 0 aliphatic carbocycles. The monoisotopic (exact) mass is 527 g/mol. The molecule has 150 valence electrons. The van der Waals surface area contributed by atoms with Crippen LogP contribution < -0.4 is 89.4 Å². The van der Waals surface area contributed by atoms with Crippen molar-refractivity contribution in [2.24, 2.45) is 5.73 Å². The Labute approximate surface area is 230 Å². The molecule has 0 atom stereocenters. The normalized spacial score (nSPS) is 19.7. The molecule has 0 bridgehead atoms. The zero-order valence-electron chi connectivity index (χ0n) is 16.6. The first-order valence-electron chi connectivity index (χ1n) is 9.51. The molecule has 0 aromatic heterocycles. The van der Waals surface area contributed by atoms with Gasteiger partial charge in [-0.25, -0.2) is 4.31 Å². The molecule has 2 heterocycles.